The summed E-state index contributed by atoms with van der Waals surface area (Å²) in [4.78, 5) is 26.5. The molecule has 4 rings (SSSR count). The van der Waals surface area contributed by atoms with Gasteiger partial charge in [0.15, 0.2) is 0 Å². The Morgan fingerprint density at radius 3 is 2.48 bits per heavy atom. The highest BCUT2D eigenvalue weighted by Crippen LogP contribution is 2.20. The molecule has 1 aromatic heterocycles. The number of aryl methyl sites for hydroxylation is 2. The Bertz CT molecular complexity index is 1140. The van der Waals surface area contributed by atoms with E-state index in [9.17, 15) is 9.59 Å². The second kappa shape index (κ2) is 10.4. The van der Waals surface area contributed by atoms with Gasteiger partial charge in [-0.15, -0.1) is 0 Å². The molecule has 2 heterocycles. The molecule has 6 nitrogen and oxygen atoms in total. The van der Waals surface area contributed by atoms with Gasteiger partial charge in [-0.05, 0) is 42.7 Å². The largest absolute Gasteiger partial charge is 0.489 e. The molecule has 0 unspecified atom stereocenters. The van der Waals surface area contributed by atoms with Crippen LogP contribution in [0.1, 0.15) is 29.7 Å². The topological polar surface area (TPSA) is 60.8 Å². The van der Waals surface area contributed by atoms with Crippen molar-refractivity contribution in [3.8, 4) is 11.5 Å². The van der Waals surface area contributed by atoms with E-state index < -0.39 is 0 Å². The number of carbonyl (C=O) groups is 1. The Kier molecular flexibility index (Phi) is 7.13. The Morgan fingerprint density at radius 1 is 1.00 bits per heavy atom. The van der Waals surface area contributed by atoms with Crippen LogP contribution in [-0.2, 0) is 24.9 Å². The summed E-state index contributed by atoms with van der Waals surface area (Å²) in [6, 6.07) is 21.4. The maximum atomic E-state index is 12.7. The Morgan fingerprint density at radius 2 is 1.76 bits per heavy atom. The highest BCUT2D eigenvalue weighted by molar-refractivity contribution is 5.76. The number of amides is 1. The van der Waals surface area contributed by atoms with Gasteiger partial charge in [0.2, 0.25) is 5.91 Å². The van der Waals surface area contributed by atoms with E-state index >= 15 is 0 Å². The number of likely N-dealkylation sites (tertiary alicyclic amines) is 1. The van der Waals surface area contributed by atoms with Crippen LogP contribution in [0.2, 0.25) is 0 Å². The van der Waals surface area contributed by atoms with Crippen molar-refractivity contribution >= 4 is 5.91 Å². The van der Waals surface area contributed by atoms with Crippen molar-refractivity contribution in [1.82, 2.24) is 9.47 Å². The van der Waals surface area contributed by atoms with Gasteiger partial charge in [-0.25, -0.2) is 0 Å². The average molecular weight is 447 g/mol. The smallest absolute Gasteiger partial charge is 0.254 e. The Labute approximate surface area is 194 Å². The summed E-state index contributed by atoms with van der Waals surface area (Å²) >= 11 is 0. The van der Waals surface area contributed by atoms with Gasteiger partial charge in [0, 0.05) is 38.2 Å². The second-order valence-electron chi connectivity index (χ2n) is 8.52. The fraction of sp³-hybridized carbons (Fsp3) is 0.333. The number of ether oxygens (including phenoxy) is 2. The van der Waals surface area contributed by atoms with Crippen LogP contribution in [0.5, 0.6) is 11.5 Å². The summed E-state index contributed by atoms with van der Waals surface area (Å²) in [5, 5.41) is 0. The molecule has 2 aromatic carbocycles. The molecule has 0 aliphatic carbocycles. The van der Waals surface area contributed by atoms with E-state index in [0.717, 1.165) is 29.0 Å². The molecular formula is C27H30N2O4. The molecule has 1 atom stereocenters. The van der Waals surface area contributed by atoms with Crippen molar-refractivity contribution in [3.63, 3.8) is 0 Å². The summed E-state index contributed by atoms with van der Waals surface area (Å²) in [5.74, 6) is 1.52. The predicted octanol–water partition coefficient (Wildman–Crippen LogP) is 3.89. The fourth-order valence-corrected chi connectivity index (χ4v) is 3.95. The second-order valence-corrected chi connectivity index (χ2v) is 8.52. The first-order valence-corrected chi connectivity index (χ1v) is 11.4. The molecular weight excluding hydrogens is 416 g/mol. The highest BCUT2D eigenvalue weighted by atomic mass is 16.5. The molecule has 1 aliphatic heterocycles. The third kappa shape index (κ3) is 6.04. The van der Waals surface area contributed by atoms with Gasteiger partial charge in [-0.3, -0.25) is 9.59 Å². The van der Waals surface area contributed by atoms with Crippen LogP contribution in [0.25, 0.3) is 0 Å². The van der Waals surface area contributed by atoms with Crippen molar-refractivity contribution in [3.05, 3.63) is 93.9 Å². The minimum atomic E-state index is -0.0904. The van der Waals surface area contributed by atoms with E-state index in [2.05, 4.69) is 0 Å². The van der Waals surface area contributed by atoms with Crippen molar-refractivity contribution < 1.29 is 14.3 Å². The van der Waals surface area contributed by atoms with Crippen molar-refractivity contribution in [1.29, 1.82) is 0 Å². The molecule has 1 saturated heterocycles. The van der Waals surface area contributed by atoms with Crippen LogP contribution in [0.15, 0.2) is 71.5 Å². The van der Waals surface area contributed by atoms with Gasteiger partial charge in [-0.1, -0.05) is 42.5 Å². The summed E-state index contributed by atoms with van der Waals surface area (Å²) in [6.45, 7) is 3.65. The van der Waals surface area contributed by atoms with Crippen LogP contribution in [0.3, 0.4) is 0 Å². The van der Waals surface area contributed by atoms with Gasteiger partial charge in [0.25, 0.3) is 5.56 Å². The van der Waals surface area contributed by atoms with Gasteiger partial charge in [-0.2, -0.15) is 0 Å². The lowest BCUT2D eigenvalue weighted by Crippen LogP contribution is -2.31. The van der Waals surface area contributed by atoms with Crippen molar-refractivity contribution in [2.45, 2.75) is 38.9 Å². The molecule has 6 heteroatoms. The number of hydrogen-bond donors (Lipinski definition) is 0. The lowest BCUT2D eigenvalue weighted by molar-refractivity contribution is -0.130. The van der Waals surface area contributed by atoms with E-state index in [-0.39, 0.29) is 17.6 Å². The van der Waals surface area contributed by atoms with Gasteiger partial charge in [0.05, 0.1) is 6.54 Å². The quantitative estimate of drug-likeness (QED) is 0.527. The summed E-state index contributed by atoms with van der Waals surface area (Å²) < 4.78 is 13.4. The van der Waals surface area contributed by atoms with Crippen molar-refractivity contribution in [2.75, 3.05) is 13.1 Å². The molecule has 172 valence electrons. The number of pyridine rings is 1. The zero-order valence-electron chi connectivity index (χ0n) is 19.2. The molecule has 0 N–H and O–H groups in total. The molecule has 1 amide bonds. The number of carbonyl (C=O) groups excluding carboxylic acids is 1. The Hall–Kier alpha value is -3.54. The van der Waals surface area contributed by atoms with E-state index in [1.165, 1.54) is 6.07 Å². The number of aromatic nitrogens is 1. The van der Waals surface area contributed by atoms with Gasteiger partial charge in [0.1, 0.15) is 24.2 Å². The van der Waals surface area contributed by atoms with Crippen molar-refractivity contribution in [2.24, 2.45) is 7.05 Å². The molecule has 1 aliphatic rings. The Balaban J connectivity index is 1.22. The van der Waals surface area contributed by atoms with Crippen LogP contribution in [0.4, 0.5) is 0 Å². The SMILES string of the molecule is Cc1cc(O[C@H]2CCN(C(=O)CCc3ccc(OCc4ccccc4)cc3)C2)cc(=O)n1C. The zero-order valence-corrected chi connectivity index (χ0v) is 19.2. The van der Waals surface area contributed by atoms with Crippen LogP contribution < -0.4 is 15.0 Å². The predicted molar refractivity (Wildman–Crippen MR) is 128 cm³/mol. The third-order valence-corrected chi connectivity index (χ3v) is 6.08. The molecule has 33 heavy (non-hydrogen) atoms. The maximum absolute atomic E-state index is 12.7. The summed E-state index contributed by atoms with van der Waals surface area (Å²) in [7, 11) is 1.74. The first-order valence-electron chi connectivity index (χ1n) is 11.4. The number of nitrogens with zero attached hydrogens (tertiary/aromatic N) is 2. The molecule has 0 saturated carbocycles. The van der Waals surface area contributed by atoms with Crippen LogP contribution in [-0.4, -0.2) is 34.6 Å². The lowest BCUT2D eigenvalue weighted by atomic mass is 10.1. The number of benzene rings is 2. The summed E-state index contributed by atoms with van der Waals surface area (Å²) in [6.07, 6.45) is 1.84. The molecule has 3 aromatic rings. The maximum Gasteiger partial charge on any atom is 0.254 e. The number of rotatable bonds is 8. The van der Waals surface area contributed by atoms with E-state index in [0.29, 0.717) is 38.3 Å². The van der Waals surface area contributed by atoms with Gasteiger partial charge >= 0.3 is 0 Å². The minimum Gasteiger partial charge on any atom is -0.489 e. The van der Waals surface area contributed by atoms with Crippen LogP contribution >= 0.6 is 0 Å². The fourth-order valence-electron chi connectivity index (χ4n) is 3.95. The molecule has 0 bridgehead atoms. The first kappa shape index (κ1) is 22.6. The minimum absolute atomic E-state index is 0.0819. The zero-order chi connectivity index (χ0) is 23.2. The standard InChI is InChI=1S/C27H30N2O4/c1-20-16-25(17-27(31)28(20)2)33-24-14-15-29(18-24)26(30)13-10-21-8-11-23(12-9-21)32-19-22-6-4-3-5-7-22/h3-9,11-12,16-17,24H,10,13-15,18-19H2,1-2H3/t24-/m0/s1. The van der Waals surface area contributed by atoms with Crippen LogP contribution in [0, 0.1) is 6.92 Å². The first-order chi connectivity index (χ1) is 16.0. The molecule has 1 fully saturated rings. The summed E-state index contributed by atoms with van der Waals surface area (Å²) in [5.41, 5.74) is 3.00. The molecule has 0 radical (unpaired) electrons. The average Bonchev–Trinajstić information content (AvgIpc) is 3.29. The third-order valence-electron chi connectivity index (χ3n) is 6.08. The number of hydrogen-bond acceptors (Lipinski definition) is 4. The van der Waals surface area contributed by atoms with E-state index in [1.54, 1.807) is 11.6 Å². The monoisotopic (exact) mass is 446 g/mol. The highest BCUT2D eigenvalue weighted by Gasteiger charge is 2.27. The van der Waals surface area contributed by atoms with E-state index in [1.807, 2.05) is 72.5 Å². The van der Waals surface area contributed by atoms with Gasteiger partial charge < -0.3 is 18.9 Å². The van der Waals surface area contributed by atoms with E-state index in [4.69, 9.17) is 9.47 Å². The normalized spacial score (nSPS) is 15.5. The lowest BCUT2D eigenvalue weighted by Gasteiger charge is -2.18. The molecule has 0 spiro atoms.